The zero-order valence-corrected chi connectivity index (χ0v) is 17.2. The first-order valence-electron chi connectivity index (χ1n) is 10.1. The molecule has 1 aromatic carbocycles. The molecule has 1 aliphatic rings. The Morgan fingerprint density at radius 3 is 2.45 bits per heavy atom. The number of piperidine rings is 1. The van der Waals surface area contributed by atoms with Gasteiger partial charge in [0.25, 0.3) is 5.91 Å². The molecule has 0 radical (unpaired) electrons. The van der Waals surface area contributed by atoms with Crippen LogP contribution in [0.1, 0.15) is 36.5 Å². The minimum Gasteiger partial charge on any atom is -0.466 e. The van der Waals surface area contributed by atoms with Crippen LogP contribution in [0.5, 0.6) is 0 Å². The number of rotatable bonds is 10. The highest BCUT2D eigenvalue weighted by atomic mass is 16.5. The van der Waals surface area contributed by atoms with Crippen molar-refractivity contribution in [1.29, 1.82) is 0 Å². The van der Waals surface area contributed by atoms with Gasteiger partial charge in [-0.25, -0.2) is 0 Å². The van der Waals surface area contributed by atoms with Crippen LogP contribution in [-0.2, 0) is 19.1 Å². The molecule has 1 aromatic rings. The fraction of sp³-hybridized carbons (Fsp3) is 0.571. The summed E-state index contributed by atoms with van der Waals surface area (Å²) in [6, 6.07) is 6.81. The van der Waals surface area contributed by atoms with Crippen LogP contribution in [0.15, 0.2) is 24.3 Å². The number of anilines is 1. The maximum atomic E-state index is 12.3. The summed E-state index contributed by atoms with van der Waals surface area (Å²) >= 11 is 0. The lowest BCUT2D eigenvalue weighted by Crippen LogP contribution is -2.41. The molecule has 1 saturated heterocycles. The highest BCUT2D eigenvalue weighted by Crippen LogP contribution is 2.18. The highest BCUT2D eigenvalue weighted by Gasteiger charge is 2.26. The van der Waals surface area contributed by atoms with Crippen LogP contribution in [0.25, 0.3) is 0 Å². The third-order valence-corrected chi connectivity index (χ3v) is 4.82. The van der Waals surface area contributed by atoms with Gasteiger partial charge in [0.2, 0.25) is 5.91 Å². The third kappa shape index (κ3) is 7.83. The number of nitrogens with zero attached hydrogens (tertiary/aromatic N) is 1. The Balaban J connectivity index is 1.72. The molecule has 0 spiro atoms. The molecule has 8 heteroatoms. The minimum atomic E-state index is -0.150. The van der Waals surface area contributed by atoms with Crippen molar-refractivity contribution in [2.45, 2.75) is 26.2 Å². The summed E-state index contributed by atoms with van der Waals surface area (Å²) in [5.74, 6) is -0.471. The average Bonchev–Trinajstić information content (AvgIpc) is 2.72. The van der Waals surface area contributed by atoms with Gasteiger partial charge in [-0.05, 0) is 63.5 Å². The normalized spacial score (nSPS) is 15.0. The Kier molecular flexibility index (Phi) is 9.59. The lowest BCUT2D eigenvalue weighted by Gasteiger charge is -2.30. The first-order chi connectivity index (χ1) is 14.0. The molecule has 160 valence electrons. The van der Waals surface area contributed by atoms with Crippen molar-refractivity contribution in [3.63, 3.8) is 0 Å². The van der Waals surface area contributed by atoms with Gasteiger partial charge in [0, 0.05) is 31.5 Å². The van der Waals surface area contributed by atoms with E-state index in [9.17, 15) is 14.4 Å². The number of likely N-dealkylation sites (tertiary alicyclic amines) is 1. The van der Waals surface area contributed by atoms with Crippen LogP contribution in [0, 0.1) is 5.92 Å². The Bertz CT molecular complexity index is 669. The van der Waals surface area contributed by atoms with Crippen LogP contribution >= 0.6 is 0 Å². The van der Waals surface area contributed by atoms with Crippen LogP contribution in [0.2, 0.25) is 0 Å². The number of nitrogens with one attached hydrogen (secondary N) is 2. The van der Waals surface area contributed by atoms with Gasteiger partial charge in [0.15, 0.2) is 0 Å². The molecular weight excluding hydrogens is 374 g/mol. The number of hydrogen-bond acceptors (Lipinski definition) is 6. The van der Waals surface area contributed by atoms with E-state index in [1.165, 1.54) is 0 Å². The predicted octanol–water partition coefficient (Wildman–Crippen LogP) is 1.67. The molecule has 8 nitrogen and oxygen atoms in total. The highest BCUT2D eigenvalue weighted by molar-refractivity contribution is 5.96. The molecule has 0 unspecified atom stereocenters. The molecule has 1 fully saturated rings. The molecule has 2 N–H and O–H groups in total. The average molecular weight is 405 g/mol. The number of esters is 1. The Hall–Kier alpha value is -2.45. The number of carbonyl (C=O) groups is 3. The summed E-state index contributed by atoms with van der Waals surface area (Å²) in [7, 11) is 1.63. The number of methoxy groups -OCH3 is 1. The molecule has 2 rings (SSSR count). The van der Waals surface area contributed by atoms with E-state index >= 15 is 0 Å². The van der Waals surface area contributed by atoms with Crippen LogP contribution in [0.3, 0.4) is 0 Å². The van der Waals surface area contributed by atoms with Crippen molar-refractivity contribution in [2.24, 2.45) is 5.92 Å². The van der Waals surface area contributed by atoms with E-state index in [0.717, 1.165) is 6.42 Å². The monoisotopic (exact) mass is 405 g/mol. The molecule has 1 heterocycles. The van der Waals surface area contributed by atoms with Crippen molar-refractivity contribution in [3.05, 3.63) is 29.8 Å². The Labute approximate surface area is 171 Å². The maximum Gasteiger partial charge on any atom is 0.309 e. The largest absolute Gasteiger partial charge is 0.466 e. The third-order valence-electron chi connectivity index (χ3n) is 4.82. The van der Waals surface area contributed by atoms with Crippen LogP contribution in [-0.4, -0.2) is 69.2 Å². The molecule has 29 heavy (non-hydrogen) atoms. The van der Waals surface area contributed by atoms with Crippen molar-refractivity contribution < 1.29 is 23.9 Å². The zero-order chi connectivity index (χ0) is 21.1. The van der Waals surface area contributed by atoms with E-state index < -0.39 is 0 Å². The quantitative estimate of drug-likeness (QED) is 0.454. The Morgan fingerprint density at radius 1 is 1.14 bits per heavy atom. The first kappa shape index (κ1) is 22.8. The maximum absolute atomic E-state index is 12.3. The molecular formula is C21H31N3O5. The van der Waals surface area contributed by atoms with Gasteiger partial charge in [-0.3, -0.25) is 19.3 Å². The van der Waals surface area contributed by atoms with Gasteiger partial charge >= 0.3 is 5.97 Å². The minimum absolute atomic E-state index is 0.0672. The van der Waals surface area contributed by atoms with Crippen molar-refractivity contribution in [1.82, 2.24) is 10.2 Å². The van der Waals surface area contributed by atoms with Gasteiger partial charge in [0.05, 0.1) is 19.1 Å². The molecule has 0 saturated carbocycles. The van der Waals surface area contributed by atoms with Crippen molar-refractivity contribution in [3.8, 4) is 0 Å². The molecule has 1 aliphatic heterocycles. The van der Waals surface area contributed by atoms with Crippen LogP contribution in [0.4, 0.5) is 5.69 Å². The summed E-state index contributed by atoms with van der Waals surface area (Å²) < 4.78 is 10.0. The number of amides is 2. The standard InChI is InChI=1S/C21H31N3O5/c1-3-29-21(27)17-9-12-24(13-10-17)15-19(25)23-18-7-5-16(6-8-18)20(26)22-11-4-14-28-2/h5-8,17H,3-4,9-15H2,1-2H3,(H,22,26)(H,23,25). The lowest BCUT2D eigenvalue weighted by atomic mass is 9.97. The fourth-order valence-electron chi connectivity index (χ4n) is 3.22. The first-order valence-corrected chi connectivity index (χ1v) is 10.1. The number of benzene rings is 1. The second kappa shape index (κ2) is 12.2. The smallest absolute Gasteiger partial charge is 0.309 e. The second-order valence-electron chi connectivity index (χ2n) is 7.03. The molecule has 2 amide bonds. The van der Waals surface area contributed by atoms with E-state index in [0.29, 0.717) is 56.9 Å². The van der Waals surface area contributed by atoms with Crippen LogP contribution < -0.4 is 10.6 Å². The number of ether oxygens (including phenoxy) is 2. The van der Waals surface area contributed by atoms with Crippen molar-refractivity contribution >= 4 is 23.5 Å². The molecule has 0 aliphatic carbocycles. The van der Waals surface area contributed by atoms with E-state index in [4.69, 9.17) is 9.47 Å². The number of carbonyl (C=O) groups excluding carboxylic acids is 3. The summed E-state index contributed by atoms with van der Waals surface area (Å²) in [6.45, 7) is 5.02. The zero-order valence-electron chi connectivity index (χ0n) is 17.2. The molecule has 0 bridgehead atoms. The SMILES string of the molecule is CCOC(=O)C1CCN(CC(=O)Nc2ccc(C(=O)NCCCOC)cc2)CC1. The van der Waals surface area contributed by atoms with Gasteiger partial charge < -0.3 is 20.1 Å². The van der Waals surface area contributed by atoms with E-state index in [1.807, 2.05) is 4.90 Å². The summed E-state index contributed by atoms with van der Waals surface area (Å²) in [6.07, 6.45) is 2.17. The van der Waals surface area contributed by atoms with E-state index in [1.54, 1.807) is 38.3 Å². The van der Waals surface area contributed by atoms with Crippen molar-refractivity contribution in [2.75, 3.05) is 51.8 Å². The predicted molar refractivity (Wildman–Crippen MR) is 110 cm³/mol. The Morgan fingerprint density at radius 2 is 1.83 bits per heavy atom. The summed E-state index contributed by atoms with van der Waals surface area (Å²) in [5.41, 5.74) is 1.19. The topological polar surface area (TPSA) is 97.0 Å². The van der Waals surface area contributed by atoms with E-state index in [2.05, 4.69) is 10.6 Å². The van der Waals surface area contributed by atoms with Gasteiger partial charge in [-0.15, -0.1) is 0 Å². The van der Waals surface area contributed by atoms with E-state index in [-0.39, 0.29) is 30.2 Å². The summed E-state index contributed by atoms with van der Waals surface area (Å²) in [4.78, 5) is 38.1. The second-order valence-corrected chi connectivity index (χ2v) is 7.03. The van der Waals surface area contributed by atoms with Gasteiger partial charge in [-0.2, -0.15) is 0 Å². The van der Waals surface area contributed by atoms with Gasteiger partial charge in [-0.1, -0.05) is 0 Å². The summed E-state index contributed by atoms with van der Waals surface area (Å²) in [5, 5.41) is 5.67. The lowest BCUT2D eigenvalue weighted by molar-refractivity contribution is -0.149. The number of hydrogen-bond donors (Lipinski definition) is 2. The van der Waals surface area contributed by atoms with Gasteiger partial charge in [0.1, 0.15) is 0 Å². The molecule has 0 atom stereocenters. The fourth-order valence-corrected chi connectivity index (χ4v) is 3.22. The molecule has 0 aromatic heterocycles.